The van der Waals surface area contributed by atoms with Gasteiger partial charge in [0, 0.05) is 19.3 Å². The van der Waals surface area contributed by atoms with E-state index < -0.39 is 36.0 Å². The SMILES string of the molecule is CCCCCCCCC/C=C/CCCCCCC[N+](C(CCC)C(=O)O)(C(CCC)C(=O)O)C(CCC)C(=O)O. The van der Waals surface area contributed by atoms with Gasteiger partial charge in [-0.25, -0.2) is 14.4 Å². The topological polar surface area (TPSA) is 112 Å². The van der Waals surface area contributed by atoms with Crippen molar-refractivity contribution in [1.29, 1.82) is 0 Å². The quantitative estimate of drug-likeness (QED) is 0.0495. The number of allylic oxidation sites excluding steroid dienone is 2. The summed E-state index contributed by atoms with van der Waals surface area (Å²) in [6, 6.07) is -3.15. The highest BCUT2D eigenvalue weighted by Gasteiger charge is 2.56. The summed E-state index contributed by atoms with van der Waals surface area (Å²) < 4.78 is -0.378. The minimum absolute atomic E-state index is 0.265. The van der Waals surface area contributed by atoms with Crippen LogP contribution in [-0.2, 0) is 14.4 Å². The molecule has 0 radical (unpaired) electrons. The highest BCUT2D eigenvalue weighted by molar-refractivity contribution is 5.78. The van der Waals surface area contributed by atoms with Gasteiger partial charge in [-0.3, -0.25) is 4.48 Å². The summed E-state index contributed by atoms with van der Waals surface area (Å²) in [7, 11) is 0. The van der Waals surface area contributed by atoms with Gasteiger partial charge >= 0.3 is 17.9 Å². The summed E-state index contributed by atoms with van der Waals surface area (Å²) >= 11 is 0. The minimum atomic E-state index is -1.09. The number of aliphatic carboxylic acids is 3. The van der Waals surface area contributed by atoms with Crippen molar-refractivity contribution in [1.82, 2.24) is 0 Å². The summed E-state index contributed by atoms with van der Waals surface area (Å²) in [5, 5.41) is 30.8. The Kier molecular flexibility index (Phi) is 22.7. The Hall–Kier alpha value is -1.89. The van der Waals surface area contributed by atoms with Crippen LogP contribution in [0.2, 0.25) is 0 Å². The van der Waals surface area contributed by atoms with E-state index in [4.69, 9.17) is 0 Å². The van der Waals surface area contributed by atoms with E-state index in [0.29, 0.717) is 25.7 Å². The molecule has 0 saturated carbocycles. The third-order valence-corrected chi connectivity index (χ3v) is 8.34. The molecule has 0 aromatic carbocycles. The number of carbonyl (C=O) groups is 3. The van der Waals surface area contributed by atoms with Crippen molar-refractivity contribution in [3.63, 3.8) is 0 Å². The van der Waals surface area contributed by atoms with Crippen LogP contribution in [0.5, 0.6) is 0 Å². The number of nitrogens with zero attached hydrogens (tertiary/aromatic N) is 1. The predicted octanol–water partition coefficient (Wildman–Crippen LogP) is 8.60. The van der Waals surface area contributed by atoms with Gasteiger partial charge < -0.3 is 15.3 Å². The summed E-state index contributed by atoms with van der Waals surface area (Å²) in [5.41, 5.74) is 0. The number of carboxylic acid groups (broad SMARTS) is 3. The first-order valence-corrected chi connectivity index (χ1v) is 16.4. The smallest absolute Gasteiger partial charge is 0.362 e. The second kappa shape index (κ2) is 23.8. The van der Waals surface area contributed by atoms with E-state index in [1.165, 1.54) is 44.9 Å². The first-order chi connectivity index (χ1) is 19.2. The summed E-state index contributed by atoms with van der Waals surface area (Å²) in [4.78, 5) is 37.7. The maximum atomic E-state index is 12.6. The zero-order valence-corrected chi connectivity index (χ0v) is 26.2. The van der Waals surface area contributed by atoms with Gasteiger partial charge in [-0.15, -0.1) is 0 Å². The fourth-order valence-corrected chi connectivity index (χ4v) is 6.28. The molecule has 7 heteroatoms. The molecule has 0 amide bonds. The Bertz CT molecular complexity index is 647. The zero-order chi connectivity index (χ0) is 30.2. The highest BCUT2D eigenvalue weighted by Crippen LogP contribution is 2.34. The average molecular weight is 569 g/mol. The van der Waals surface area contributed by atoms with E-state index >= 15 is 0 Å². The number of rotatable bonds is 28. The van der Waals surface area contributed by atoms with Crippen molar-refractivity contribution in [3.8, 4) is 0 Å². The lowest BCUT2D eigenvalue weighted by atomic mass is 9.91. The Morgan fingerprint density at radius 3 is 1.15 bits per heavy atom. The normalized spacial score (nSPS) is 15.5. The van der Waals surface area contributed by atoms with Crippen LogP contribution in [0.15, 0.2) is 12.2 Å². The standard InChI is InChI=1S/C33H61NO6/c1-5-9-10-11-12-13-14-15-16-17-18-19-20-21-22-23-27-34(28(24-6-2)31(35)36,29(25-7-3)32(37)38)30(26-8-4)33(39)40/h16-17,28-30H,5-15,18-27H2,1-4H3,(H2-,35,36,37,38,39,40)/p+1/b17-16+. The lowest BCUT2D eigenvalue weighted by molar-refractivity contribution is -0.973. The third-order valence-electron chi connectivity index (χ3n) is 8.34. The van der Waals surface area contributed by atoms with E-state index in [0.717, 1.165) is 38.5 Å². The highest BCUT2D eigenvalue weighted by atomic mass is 16.4. The Morgan fingerprint density at radius 2 is 0.825 bits per heavy atom. The Morgan fingerprint density at radius 1 is 0.500 bits per heavy atom. The molecule has 0 rings (SSSR count). The molecular weight excluding hydrogens is 506 g/mol. The van der Waals surface area contributed by atoms with Gasteiger partial charge in [-0.05, 0) is 57.8 Å². The molecule has 0 aliphatic rings. The van der Waals surface area contributed by atoms with Gasteiger partial charge in [0.1, 0.15) is 0 Å². The molecule has 0 fully saturated rings. The molecule has 3 unspecified atom stereocenters. The summed E-state index contributed by atoms with van der Waals surface area (Å²) in [5.74, 6) is -3.26. The fourth-order valence-electron chi connectivity index (χ4n) is 6.28. The maximum absolute atomic E-state index is 12.6. The molecule has 7 nitrogen and oxygen atoms in total. The molecule has 0 aliphatic carbocycles. The van der Waals surface area contributed by atoms with Crippen molar-refractivity contribution in [2.75, 3.05) is 6.54 Å². The largest absolute Gasteiger partial charge is 0.477 e. The van der Waals surface area contributed by atoms with Crippen LogP contribution >= 0.6 is 0 Å². The number of hydrogen-bond acceptors (Lipinski definition) is 3. The second-order valence-electron chi connectivity index (χ2n) is 11.6. The van der Waals surface area contributed by atoms with Crippen LogP contribution in [0.4, 0.5) is 0 Å². The van der Waals surface area contributed by atoms with Crippen molar-refractivity contribution < 1.29 is 34.2 Å². The van der Waals surface area contributed by atoms with E-state index in [9.17, 15) is 29.7 Å². The van der Waals surface area contributed by atoms with Crippen LogP contribution in [0.1, 0.15) is 156 Å². The van der Waals surface area contributed by atoms with Crippen LogP contribution in [0.25, 0.3) is 0 Å². The Balaban J connectivity index is 5.15. The summed E-state index contributed by atoms with van der Waals surface area (Å²) in [6.45, 7) is 8.13. The van der Waals surface area contributed by atoms with Gasteiger partial charge in [-0.2, -0.15) is 0 Å². The Labute approximate surface area is 245 Å². The molecule has 0 aliphatic heterocycles. The lowest BCUT2D eigenvalue weighted by Crippen LogP contribution is -2.72. The van der Waals surface area contributed by atoms with Crippen LogP contribution in [-0.4, -0.2) is 62.4 Å². The molecule has 0 spiro atoms. The molecule has 0 heterocycles. The lowest BCUT2D eigenvalue weighted by Gasteiger charge is -2.50. The minimum Gasteiger partial charge on any atom is -0.477 e. The molecule has 0 aromatic heterocycles. The van der Waals surface area contributed by atoms with Crippen LogP contribution < -0.4 is 0 Å². The van der Waals surface area contributed by atoms with Gasteiger partial charge in [-0.1, -0.05) is 91.2 Å². The van der Waals surface area contributed by atoms with Gasteiger partial charge in [0.2, 0.25) is 0 Å². The number of quaternary nitrogens is 1. The van der Waals surface area contributed by atoms with E-state index in [1.54, 1.807) is 0 Å². The molecule has 40 heavy (non-hydrogen) atoms. The zero-order valence-electron chi connectivity index (χ0n) is 26.2. The molecule has 0 bridgehead atoms. The molecule has 234 valence electrons. The van der Waals surface area contributed by atoms with Gasteiger partial charge in [0.15, 0.2) is 18.1 Å². The van der Waals surface area contributed by atoms with Crippen LogP contribution in [0, 0.1) is 0 Å². The summed E-state index contributed by atoms with van der Waals surface area (Å²) in [6.07, 6.45) is 23.2. The van der Waals surface area contributed by atoms with E-state index in [2.05, 4.69) is 19.1 Å². The predicted molar refractivity (Wildman–Crippen MR) is 164 cm³/mol. The number of hydrogen-bond donors (Lipinski definition) is 3. The number of unbranched alkanes of at least 4 members (excludes halogenated alkanes) is 12. The molecule has 0 saturated heterocycles. The maximum Gasteiger partial charge on any atom is 0.362 e. The number of carboxylic acids is 3. The first kappa shape index (κ1) is 38.1. The van der Waals surface area contributed by atoms with E-state index in [1.807, 2.05) is 20.8 Å². The average Bonchev–Trinajstić information content (AvgIpc) is 2.91. The molecule has 3 atom stereocenters. The second-order valence-corrected chi connectivity index (χ2v) is 11.6. The van der Waals surface area contributed by atoms with Gasteiger partial charge in [0.05, 0.1) is 6.54 Å². The van der Waals surface area contributed by atoms with Crippen molar-refractivity contribution in [2.24, 2.45) is 0 Å². The van der Waals surface area contributed by atoms with Crippen molar-refractivity contribution in [3.05, 3.63) is 12.2 Å². The van der Waals surface area contributed by atoms with Crippen molar-refractivity contribution >= 4 is 17.9 Å². The van der Waals surface area contributed by atoms with E-state index in [-0.39, 0.29) is 30.3 Å². The fraction of sp³-hybridized carbons (Fsp3) is 0.848. The monoisotopic (exact) mass is 568 g/mol. The van der Waals surface area contributed by atoms with Gasteiger partial charge in [0.25, 0.3) is 0 Å². The molecule has 3 N–H and O–H groups in total. The van der Waals surface area contributed by atoms with Crippen LogP contribution in [0.3, 0.4) is 0 Å². The van der Waals surface area contributed by atoms with Crippen molar-refractivity contribution in [2.45, 2.75) is 174 Å². The molecule has 0 aromatic rings. The molecular formula is C33H62NO6+. The first-order valence-electron chi connectivity index (χ1n) is 16.4. The third kappa shape index (κ3) is 14.1.